The van der Waals surface area contributed by atoms with Gasteiger partial charge in [0.2, 0.25) is 11.2 Å². The average molecular weight is 417 g/mol. The molecule has 1 N–H and O–H groups in total. The first-order chi connectivity index (χ1) is 14.9. The van der Waals surface area contributed by atoms with Crippen LogP contribution in [-0.4, -0.2) is 20.7 Å². The van der Waals surface area contributed by atoms with E-state index in [0.29, 0.717) is 17.7 Å². The van der Waals surface area contributed by atoms with Gasteiger partial charge in [-0.2, -0.15) is 0 Å². The molecule has 7 nitrogen and oxygen atoms in total. The summed E-state index contributed by atoms with van der Waals surface area (Å²) in [7, 11) is 1.71. The van der Waals surface area contributed by atoms with E-state index in [9.17, 15) is 9.59 Å². The van der Waals surface area contributed by atoms with E-state index in [4.69, 9.17) is 0 Å². The predicted molar refractivity (Wildman–Crippen MR) is 121 cm³/mol. The molecule has 0 saturated heterocycles. The Kier molecular flexibility index (Phi) is 4.36. The molecule has 2 aromatic heterocycles. The van der Waals surface area contributed by atoms with E-state index in [1.54, 1.807) is 11.6 Å². The second-order valence-corrected chi connectivity index (χ2v) is 8.38. The van der Waals surface area contributed by atoms with Gasteiger partial charge in [-0.1, -0.05) is 30.3 Å². The third kappa shape index (κ3) is 2.91. The molecule has 0 fully saturated rings. The SMILES string of the molecule is Cc1ccc(N2CC[n+]3c2[nH]c2c3c(=O)n(Cc3ccccc3C)c(=O)n2C)cc1C. The highest BCUT2D eigenvalue weighted by molar-refractivity contribution is 5.71. The maximum atomic E-state index is 13.5. The third-order valence-corrected chi connectivity index (χ3v) is 6.48. The van der Waals surface area contributed by atoms with Crippen molar-refractivity contribution in [2.45, 2.75) is 33.9 Å². The lowest BCUT2D eigenvalue weighted by Gasteiger charge is -2.11. The molecule has 2 aromatic carbocycles. The van der Waals surface area contributed by atoms with E-state index in [0.717, 1.165) is 29.3 Å². The number of hydrogen-bond acceptors (Lipinski definition) is 3. The number of aryl methyl sites for hydroxylation is 4. The van der Waals surface area contributed by atoms with Gasteiger partial charge in [0.15, 0.2) is 0 Å². The van der Waals surface area contributed by atoms with Crippen molar-refractivity contribution < 1.29 is 4.57 Å². The molecule has 0 atom stereocenters. The number of nitrogens with one attached hydrogen (secondary N) is 1. The molecular formula is C24H26N5O2+. The Morgan fingerprint density at radius 2 is 1.77 bits per heavy atom. The molecule has 7 heteroatoms. The summed E-state index contributed by atoms with van der Waals surface area (Å²) in [6.07, 6.45) is 0. The van der Waals surface area contributed by atoms with Crippen molar-refractivity contribution in [3.8, 4) is 0 Å². The van der Waals surface area contributed by atoms with Crippen LogP contribution < -0.4 is 20.7 Å². The minimum absolute atomic E-state index is 0.259. The molecule has 0 unspecified atom stereocenters. The molecule has 0 bridgehead atoms. The van der Waals surface area contributed by atoms with Crippen LogP contribution in [0.1, 0.15) is 22.3 Å². The highest BCUT2D eigenvalue weighted by Gasteiger charge is 2.35. The summed E-state index contributed by atoms with van der Waals surface area (Å²) in [6, 6.07) is 14.2. The van der Waals surface area contributed by atoms with Gasteiger partial charge in [0.05, 0.1) is 6.54 Å². The van der Waals surface area contributed by atoms with Gasteiger partial charge in [-0.05, 0) is 55.2 Å². The van der Waals surface area contributed by atoms with Crippen molar-refractivity contribution in [3.63, 3.8) is 0 Å². The lowest BCUT2D eigenvalue weighted by atomic mass is 10.1. The van der Waals surface area contributed by atoms with Crippen LogP contribution in [0.5, 0.6) is 0 Å². The Hall–Kier alpha value is -3.61. The fourth-order valence-electron chi connectivity index (χ4n) is 4.40. The molecule has 3 heterocycles. The number of anilines is 2. The zero-order chi connectivity index (χ0) is 21.9. The summed E-state index contributed by atoms with van der Waals surface area (Å²) in [6.45, 7) is 7.90. The number of hydrogen-bond donors (Lipinski definition) is 1. The van der Waals surface area contributed by atoms with Crippen LogP contribution in [0.25, 0.3) is 11.2 Å². The highest BCUT2D eigenvalue weighted by atomic mass is 16.2. The summed E-state index contributed by atoms with van der Waals surface area (Å²) in [5, 5.41) is 0. The van der Waals surface area contributed by atoms with Crippen LogP contribution in [0, 0.1) is 20.8 Å². The first-order valence-electron chi connectivity index (χ1n) is 10.5. The van der Waals surface area contributed by atoms with Crippen molar-refractivity contribution >= 4 is 22.8 Å². The van der Waals surface area contributed by atoms with E-state index in [-0.39, 0.29) is 17.8 Å². The monoisotopic (exact) mass is 416 g/mol. The van der Waals surface area contributed by atoms with E-state index in [1.807, 2.05) is 35.8 Å². The van der Waals surface area contributed by atoms with Crippen LogP contribution in [0.2, 0.25) is 0 Å². The molecule has 4 aromatic rings. The predicted octanol–water partition coefficient (Wildman–Crippen LogP) is 2.44. The van der Waals surface area contributed by atoms with E-state index in [2.05, 4.69) is 41.9 Å². The van der Waals surface area contributed by atoms with Crippen molar-refractivity contribution in [1.29, 1.82) is 0 Å². The van der Waals surface area contributed by atoms with Gasteiger partial charge < -0.3 is 0 Å². The quantitative estimate of drug-likeness (QED) is 0.522. The summed E-state index contributed by atoms with van der Waals surface area (Å²) in [5.41, 5.74) is 6.08. The largest absolute Gasteiger partial charge is 0.364 e. The fourth-order valence-corrected chi connectivity index (χ4v) is 4.40. The molecule has 0 aliphatic carbocycles. The number of H-pyrrole nitrogens is 1. The van der Waals surface area contributed by atoms with E-state index in [1.165, 1.54) is 15.7 Å². The molecule has 5 rings (SSSR count). The molecule has 0 amide bonds. The highest BCUT2D eigenvalue weighted by Crippen LogP contribution is 2.28. The van der Waals surface area contributed by atoms with Crippen LogP contribution >= 0.6 is 0 Å². The minimum Gasteiger partial charge on any atom is -0.267 e. The Morgan fingerprint density at radius 1 is 1.00 bits per heavy atom. The second-order valence-electron chi connectivity index (χ2n) is 8.38. The van der Waals surface area contributed by atoms with Crippen LogP contribution in [0.4, 0.5) is 11.6 Å². The fraction of sp³-hybridized carbons (Fsp3) is 0.292. The van der Waals surface area contributed by atoms with Crippen LogP contribution in [0.3, 0.4) is 0 Å². The number of rotatable bonds is 3. The first-order valence-corrected chi connectivity index (χ1v) is 10.5. The maximum absolute atomic E-state index is 13.5. The van der Waals surface area contributed by atoms with Crippen molar-refractivity contribution in [1.82, 2.24) is 14.1 Å². The standard InChI is InChI=1S/C24H25N5O2/c1-15-9-10-19(13-17(15)3)27-11-12-28-20-21(25-23(27)28)26(4)24(31)29(22(20)30)14-18-8-6-5-7-16(18)2/h5-10,13H,11-12,14H2,1-4H3/p+1. The van der Waals surface area contributed by atoms with Gasteiger partial charge in [0, 0.05) is 7.05 Å². The summed E-state index contributed by atoms with van der Waals surface area (Å²) in [5.74, 6) is 0.832. The topological polar surface area (TPSA) is 66.9 Å². The number of imidazole rings is 1. The Bertz CT molecular complexity index is 1460. The number of aromatic nitrogens is 4. The zero-order valence-electron chi connectivity index (χ0n) is 18.3. The number of benzene rings is 2. The Morgan fingerprint density at radius 3 is 2.52 bits per heavy atom. The molecule has 1 aliphatic rings. The Balaban J connectivity index is 1.68. The van der Waals surface area contributed by atoms with Gasteiger partial charge in [-0.25, -0.2) is 19.2 Å². The van der Waals surface area contributed by atoms with Crippen LogP contribution in [-0.2, 0) is 20.1 Å². The zero-order valence-corrected chi connectivity index (χ0v) is 18.3. The van der Waals surface area contributed by atoms with Crippen molar-refractivity contribution in [2.75, 3.05) is 11.4 Å². The number of fused-ring (bicyclic) bond motifs is 3. The van der Waals surface area contributed by atoms with Gasteiger partial charge in [-0.3, -0.25) is 13.9 Å². The molecule has 0 spiro atoms. The summed E-state index contributed by atoms with van der Waals surface area (Å²) >= 11 is 0. The number of aromatic amines is 1. The van der Waals surface area contributed by atoms with Gasteiger partial charge in [0.1, 0.15) is 18.8 Å². The van der Waals surface area contributed by atoms with Gasteiger partial charge in [0.25, 0.3) is 5.56 Å². The van der Waals surface area contributed by atoms with Crippen molar-refractivity contribution in [3.05, 3.63) is 85.6 Å². The van der Waals surface area contributed by atoms with E-state index < -0.39 is 0 Å². The molecule has 0 saturated carbocycles. The summed E-state index contributed by atoms with van der Waals surface area (Å²) in [4.78, 5) is 32.1. The van der Waals surface area contributed by atoms with E-state index >= 15 is 0 Å². The third-order valence-electron chi connectivity index (χ3n) is 6.48. The lowest BCUT2D eigenvalue weighted by molar-refractivity contribution is -0.644. The minimum atomic E-state index is -0.320. The molecular weight excluding hydrogens is 390 g/mol. The molecule has 31 heavy (non-hydrogen) atoms. The number of nitrogens with zero attached hydrogens (tertiary/aromatic N) is 4. The normalized spacial score (nSPS) is 13.2. The molecule has 0 radical (unpaired) electrons. The average Bonchev–Trinajstić information content (AvgIpc) is 3.32. The first kappa shape index (κ1) is 19.4. The lowest BCUT2D eigenvalue weighted by Crippen LogP contribution is -2.44. The van der Waals surface area contributed by atoms with Crippen LogP contribution in [0.15, 0.2) is 52.1 Å². The van der Waals surface area contributed by atoms with Gasteiger partial charge in [-0.15, -0.1) is 0 Å². The molecule has 158 valence electrons. The van der Waals surface area contributed by atoms with Crippen molar-refractivity contribution in [2.24, 2.45) is 7.05 Å². The van der Waals surface area contributed by atoms with Gasteiger partial charge >= 0.3 is 11.6 Å². The maximum Gasteiger partial charge on any atom is 0.364 e. The smallest absolute Gasteiger partial charge is 0.267 e. The summed E-state index contributed by atoms with van der Waals surface area (Å²) < 4.78 is 4.88. The second kappa shape index (κ2) is 6.97. The Labute approximate surface area is 179 Å². The molecule has 1 aliphatic heterocycles.